The van der Waals surface area contributed by atoms with E-state index in [1.54, 1.807) is 0 Å². The van der Waals surface area contributed by atoms with Gasteiger partial charge in [0.25, 0.3) is 0 Å². The Hall–Kier alpha value is -1.15. The Bertz CT molecular complexity index is 683. The zero-order valence-electron chi connectivity index (χ0n) is 16.1. The summed E-state index contributed by atoms with van der Waals surface area (Å²) in [5.41, 5.74) is 6.52. The molecule has 3 N–H and O–H groups in total. The summed E-state index contributed by atoms with van der Waals surface area (Å²) < 4.78 is 26.9. The molecule has 0 bridgehead atoms. The van der Waals surface area contributed by atoms with Crippen LogP contribution in [-0.2, 0) is 20.6 Å². The fraction of sp³-hybridized carbons (Fsp3) is 0.632. The van der Waals surface area contributed by atoms with Gasteiger partial charge in [0.15, 0.2) is 0 Å². The van der Waals surface area contributed by atoms with Gasteiger partial charge >= 0.3 is 0 Å². The molecule has 154 valence electrons. The first kappa shape index (κ1) is 23.9. The van der Waals surface area contributed by atoms with E-state index in [0.717, 1.165) is 12.0 Å². The molecular formula is C19H32ClN3O3S. The number of piperidine rings is 1. The van der Waals surface area contributed by atoms with Crippen molar-refractivity contribution < 1.29 is 13.2 Å². The second kappa shape index (κ2) is 11.0. The predicted octanol–water partition coefficient (Wildman–Crippen LogP) is 2.14. The molecule has 2 rings (SSSR count). The average molecular weight is 418 g/mol. The fourth-order valence-electron chi connectivity index (χ4n) is 3.39. The van der Waals surface area contributed by atoms with Crippen molar-refractivity contribution in [3.8, 4) is 0 Å². The number of carbonyl (C=O) groups excluding carboxylic acids is 1. The van der Waals surface area contributed by atoms with Crippen LogP contribution in [0.1, 0.15) is 38.7 Å². The van der Waals surface area contributed by atoms with Gasteiger partial charge in [-0.3, -0.25) is 4.79 Å². The van der Waals surface area contributed by atoms with Crippen molar-refractivity contribution in [2.24, 2.45) is 17.6 Å². The lowest BCUT2D eigenvalue weighted by Crippen LogP contribution is -2.49. The maximum absolute atomic E-state index is 12.7. The Balaban J connectivity index is 0.00000364. The third-order valence-electron chi connectivity index (χ3n) is 4.73. The van der Waals surface area contributed by atoms with Crippen LogP contribution in [0.3, 0.4) is 0 Å². The summed E-state index contributed by atoms with van der Waals surface area (Å²) >= 11 is 0. The van der Waals surface area contributed by atoms with Crippen LogP contribution in [-0.4, -0.2) is 44.3 Å². The summed E-state index contributed by atoms with van der Waals surface area (Å²) in [6, 6.07) is 9.09. The summed E-state index contributed by atoms with van der Waals surface area (Å²) in [5.74, 6) is 0.0233. The van der Waals surface area contributed by atoms with Crippen LogP contribution >= 0.6 is 12.4 Å². The maximum atomic E-state index is 12.7. The van der Waals surface area contributed by atoms with Crippen molar-refractivity contribution in [1.82, 2.24) is 9.62 Å². The number of nitrogens with one attached hydrogen (secondary N) is 1. The third-order valence-corrected chi connectivity index (χ3v) is 6.54. The quantitative estimate of drug-likeness (QED) is 0.677. The van der Waals surface area contributed by atoms with E-state index in [2.05, 4.69) is 19.2 Å². The lowest BCUT2D eigenvalue weighted by molar-refractivity contribution is -0.126. The molecule has 27 heavy (non-hydrogen) atoms. The Morgan fingerprint density at radius 3 is 2.56 bits per heavy atom. The monoisotopic (exact) mass is 417 g/mol. The van der Waals surface area contributed by atoms with Crippen molar-refractivity contribution in [3.05, 3.63) is 35.9 Å². The number of nitrogens with two attached hydrogens (primary N) is 1. The molecule has 1 heterocycles. The number of benzene rings is 1. The molecule has 1 saturated heterocycles. The van der Waals surface area contributed by atoms with Gasteiger partial charge in [-0.1, -0.05) is 44.2 Å². The van der Waals surface area contributed by atoms with Crippen molar-refractivity contribution >= 4 is 28.3 Å². The molecule has 0 saturated carbocycles. The molecule has 8 heteroatoms. The van der Waals surface area contributed by atoms with Crippen molar-refractivity contribution in [3.63, 3.8) is 0 Å². The summed E-state index contributed by atoms with van der Waals surface area (Å²) in [6.07, 6.45) is 2.23. The van der Waals surface area contributed by atoms with Crippen LogP contribution in [0.4, 0.5) is 0 Å². The van der Waals surface area contributed by atoms with Crippen LogP contribution in [0, 0.1) is 11.8 Å². The van der Waals surface area contributed by atoms with Crippen LogP contribution in [0.25, 0.3) is 0 Å². The third kappa shape index (κ3) is 7.41. The topological polar surface area (TPSA) is 92.5 Å². The van der Waals surface area contributed by atoms with Gasteiger partial charge in [-0.05, 0) is 30.7 Å². The normalized spacial score (nSPS) is 19.3. The van der Waals surface area contributed by atoms with Crippen molar-refractivity contribution in [2.75, 3.05) is 19.6 Å². The molecule has 6 nitrogen and oxygen atoms in total. The largest absolute Gasteiger partial charge is 0.352 e. The highest BCUT2D eigenvalue weighted by molar-refractivity contribution is 7.88. The molecule has 1 amide bonds. The molecule has 1 fully saturated rings. The van der Waals surface area contributed by atoms with Gasteiger partial charge in [0, 0.05) is 25.7 Å². The Morgan fingerprint density at radius 2 is 1.96 bits per heavy atom. The molecule has 1 aliphatic heterocycles. The minimum Gasteiger partial charge on any atom is -0.352 e. The molecule has 1 aliphatic rings. The van der Waals surface area contributed by atoms with Crippen molar-refractivity contribution in [1.29, 1.82) is 0 Å². The molecule has 1 aromatic carbocycles. The lowest BCUT2D eigenvalue weighted by atomic mass is 9.97. The molecule has 0 aromatic heterocycles. The van der Waals surface area contributed by atoms with Gasteiger partial charge in [-0.25, -0.2) is 12.7 Å². The Labute approximate surface area is 169 Å². The Morgan fingerprint density at radius 1 is 1.30 bits per heavy atom. The van der Waals surface area contributed by atoms with Gasteiger partial charge in [0.2, 0.25) is 15.9 Å². The van der Waals surface area contributed by atoms with Crippen molar-refractivity contribution in [2.45, 2.75) is 44.9 Å². The molecule has 0 aliphatic carbocycles. The number of hydrogen-bond donors (Lipinski definition) is 2. The molecule has 2 atom stereocenters. The smallest absolute Gasteiger partial charge is 0.224 e. The summed E-state index contributed by atoms with van der Waals surface area (Å²) in [7, 11) is -3.43. The Kier molecular flexibility index (Phi) is 9.73. The molecule has 2 unspecified atom stereocenters. The van der Waals surface area contributed by atoms with Gasteiger partial charge in [-0.15, -0.1) is 12.4 Å². The lowest BCUT2D eigenvalue weighted by Gasteiger charge is -2.32. The summed E-state index contributed by atoms with van der Waals surface area (Å²) in [6.45, 7) is 5.30. The molecular weight excluding hydrogens is 386 g/mol. The minimum absolute atomic E-state index is 0. The second-order valence-electron chi connectivity index (χ2n) is 7.51. The zero-order valence-corrected chi connectivity index (χ0v) is 17.8. The van der Waals surface area contributed by atoms with E-state index in [-0.39, 0.29) is 42.6 Å². The van der Waals surface area contributed by atoms with E-state index in [9.17, 15) is 13.2 Å². The number of sulfonamides is 1. The second-order valence-corrected chi connectivity index (χ2v) is 9.48. The van der Waals surface area contributed by atoms with Gasteiger partial charge in [0.05, 0.1) is 11.7 Å². The van der Waals surface area contributed by atoms with Crippen LogP contribution in [0.5, 0.6) is 0 Å². The average Bonchev–Trinajstić information content (AvgIpc) is 2.61. The summed E-state index contributed by atoms with van der Waals surface area (Å²) in [4.78, 5) is 12.6. The number of nitrogens with zero attached hydrogens (tertiary/aromatic N) is 1. The SMILES string of the molecule is CC(C)CC(CN)NC(=O)C1CCCN(S(=O)(=O)Cc2ccccc2)C1.Cl. The number of carbonyl (C=O) groups is 1. The molecule has 1 aromatic rings. The highest BCUT2D eigenvalue weighted by Gasteiger charge is 2.33. The number of hydrogen-bond acceptors (Lipinski definition) is 4. The highest BCUT2D eigenvalue weighted by Crippen LogP contribution is 2.22. The van der Waals surface area contributed by atoms with E-state index >= 15 is 0 Å². The van der Waals surface area contributed by atoms with Crippen LogP contribution < -0.4 is 11.1 Å². The predicted molar refractivity (Wildman–Crippen MR) is 111 cm³/mol. The highest BCUT2D eigenvalue weighted by atomic mass is 35.5. The summed E-state index contributed by atoms with van der Waals surface area (Å²) in [5, 5.41) is 3.00. The number of halogens is 1. The van der Waals surface area contributed by atoms with Crippen LogP contribution in [0.15, 0.2) is 30.3 Å². The first-order valence-electron chi connectivity index (χ1n) is 9.34. The number of rotatable bonds is 8. The maximum Gasteiger partial charge on any atom is 0.224 e. The van der Waals surface area contributed by atoms with E-state index in [1.807, 2.05) is 30.3 Å². The molecule has 0 spiro atoms. The van der Waals surface area contributed by atoms with Crippen LogP contribution in [0.2, 0.25) is 0 Å². The van der Waals surface area contributed by atoms with E-state index < -0.39 is 10.0 Å². The minimum atomic E-state index is -3.43. The first-order chi connectivity index (χ1) is 12.3. The standard InChI is InChI=1S/C19H31N3O3S.ClH/c1-15(2)11-18(12-20)21-19(23)17-9-6-10-22(13-17)26(24,25)14-16-7-4-3-5-8-16;/h3-5,7-8,15,17-18H,6,9-14,20H2,1-2H3,(H,21,23);1H. The van der Waals surface area contributed by atoms with E-state index in [4.69, 9.17) is 5.73 Å². The van der Waals surface area contributed by atoms with E-state index in [1.165, 1.54) is 4.31 Å². The van der Waals surface area contributed by atoms with E-state index in [0.29, 0.717) is 31.8 Å². The molecule has 0 radical (unpaired) electrons. The van der Waals surface area contributed by atoms with Gasteiger partial charge in [-0.2, -0.15) is 0 Å². The zero-order chi connectivity index (χ0) is 19.2. The van der Waals surface area contributed by atoms with Gasteiger partial charge < -0.3 is 11.1 Å². The fourth-order valence-corrected chi connectivity index (χ4v) is 5.00. The first-order valence-corrected chi connectivity index (χ1v) is 10.9. The van der Waals surface area contributed by atoms with Gasteiger partial charge in [0.1, 0.15) is 0 Å². The number of amides is 1.